The Balaban J connectivity index is 0. The van der Waals surface area contributed by atoms with Gasteiger partial charge in [0, 0.05) is 26.2 Å². The van der Waals surface area contributed by atoms with Gasteiger partial charge in [0.25, 0.3) is 0 Å². The van der Waals surface area contributed by atoms with Crippen LogP contribution < -0.4 is 5.19 Å². The molecule has 0 N–H and O–H groups in total. The van der Waals surface area contributed by atoms with Crippen LogP contribution in [0, 0.1) is 6.92 Å². The molecule has 0 heterocycles. The molecule has 1 nitrogen and oxygen atoms in total. The Labute approximate surface area is 188 Å². The molecule has 0 bridgehead atoms. The summed E-state index contributed by atoms with van der Waals surface area (Å²) in [6, 6.07) is 8.75. The Kier molecular flexibility index (Phi) is 10.9. The van der Waals surface area contributed by atoms with E-state index in [0.717, 1.165) is 9.52 Å². The molecule has 25 heavy (non-hydrogen) atoms. The Morgan fingerprint density at radius 3 is 1.92 bits per heavy atom. The molecule has 138 valence electrons. The van der Waals surface area contributed by atoms with Gasteiger partial charge >= 0.3 is 0 Å². The van der Waals surface area contributed by atoms with Crippen molar-refractivity contribution in [2.45, 2.75) is 66.0 Å². The summed E-state index contributed by atoms with van der Waals surface area (Å²) in [4.78, 5) is 0. The Morgan fingerprint density at radius 1 is 0.920 bits per heavy atom. The molecule has 5 heteroatoms. The zero-order chi connectivity index (χ0) is 16.7. The first-order valence-corrected chi connectivity index (χ1v) is 9.02. The fourth-order valence-electron chi connectivity index (χ4n) is 3.05. The molecule has 0 spiro atoms. The topological polar surface area (TPSA) is 14.1 Å². The predicted molar refractivity (Wildman–Crippen MR) is 114 cm³/mol. The van der Waals surface area contributed by atoms with Crippen LogP contribution >= 0.6 is 24.8 Å². The molecule has 1 aromatic rings. The molecule has 1 aliphatic carbocycles. The second-order valence-corrected chi connectivity index (χ2v) is 9.36. The molecule has 2 rings (SSSR count). The van der Waals surface area contributed by atoms with Gasteiger partial charge in [0.15, 0.2) is 0 Å². The van der Waals surface area contributed by atoms with Gasteiger partial charge in [0.2, 0.25) is 0 Å². The van der Waals surface area contributed by atoms with Gasteiger partial charge in [0.1, 0.15) is 0 Å². The Bertz CT molecular complexity index is 662. The predicted octanol–water partition coefficient (Wildman–Crippen LogP) is 6.14. The van der Waals surface area contributed by atoms with Crippen molar-refractivity contribution in [3.8, 4) is 0 Å². The number of halogens is 2. The van der Waals surface area contributed by atoms with E-state index in [-0.39, 0.29) is 61.6 Å². The Hall–Kier alpha value is 0.180. The van der Waals surface area contributed by atoms with E-state index in [1.165, 1.54) is 33.2 Å². The van der Waals surface area contributed by atoms with Gasteiger partial charge in [-0.15, -0.1) is 30.4 Å². The second kappa shape index (κ2) is 9.93. The zero-order valence-corrected chi connectivity index (χ0v) is 21.7. The average Bonchev–Trinajstić information content (AvgIpc) is 2.56. The maximum atomic E-state index is 5.11. The van der Waals surface area contributed by atoms with E-state index >= 15 is 0 Å². The van der Waals surface area contributed by atoms with Crippen molar-refractivity contribution >= 4 is 39.5 Å². The maximum Gasteiger partial charge on any atom is 0.0963 e. The van der Waals surface area contributed by atoms with E-state index in [9.17, 15) is 0 Å². The molecule has 0 amide bonds. The van der Waals surface area contributed by atoms with Crippen LogP contribution in [-0.4, -0.2) is 15.1 Å². The maximum absolute atomic E-state index is 5.11. The van der Waals surface area contributed by atoms with Crippen LogP contribution in [0.3, 0.4) is 0 Å². The van der Waals surface area contributed by atoms with E-state index in [0.29, 0.717) is 0 Å². The van der Waals surface area contributed by atoms with E-state index in [1.807, 2.05) is 0 Å². The monoisotopic (exact) mass is 472 g/mol. The molecular weight excluding hydrogens is 444 g/mol. The molecule has 0 fully saturated rings. The molecule has 0 aromatic heterocycles. The minimum atomic E-state index is -0.0427. The number of rotatable bonds is 3. The SMILES string of the molecule is CC1=C(C)C(C)([Si]c2ccccc2C)C([N-]C(C)(C)C)=C1C.Cl.Cl.[Zr]. The summed E-state index contributed by atoms with van der Waals surface area (Å²) in [5.74, 6) is 0. The largest absolute Gasteiger partial charge is 0.682 e. The third-order valence-electron chi connectivity index (χ3n) is 4.68. The van der Waals surface area contributed by atoms with Gasteiger partial charge < -0.3 is 5.32 Å². The van der Waals surface area contributed by atoms with Crippen molar-refractivity contribution in [3.05, 3.63) is 57.6 Å². The zero-order valence-electron chi connectivity index (χ0n) is 16.6. The standard InChI is InChI=1S/C20H28NSi.2ClH.Zr/c1-13-11-9-10-12-17(13)22-20(8)16(4)14(2)15(3)18(20)21-19(5,6)7;;;/h9-12H,1-8H3;2*1H;/q-1;;;. The summed E-state index contributed by atoms with van der Waals surface area (Å²) in [6.07, 6.45) is 0. The van der Waals surface area contributed by atoms with Crippen molar-refractivity contribution in [3.63, 3.8) is 0 Å². The minimum Gasteiger partial charge on any atom is -0.682 e. The number of hydrogen-bond acceptors (Lipinski definition) is 0. The second-order valence-electron chi connectivity index (χ2n) is 7.57. The molecule has 1 atom stereocenters. The van der Waals surface area contributed by atoms with Crippen molar-refractivity contribution < 1.29 is 26.2 Å². The Morgan fingerprint density at radius 2 is 1.44 bits per heavy atom. The first-order valence-electron chi connectivity index (χ1n) is 8.02. The van der Waals surface area contributed by atoms with E-state index in [4.69, 9.17) is 5.32 Å². The van der Waals surface area contributed by atoms with Crippen molar-refractivity contribution in [1.82, 2.24) is 0 Å². The number of nitrogens with zero attached hydrogens (tertiary/aromatic N) is 1. The normalized spacial score (nSPS) is 19.8. The molecule has 1 aliphatic rings. The molecule has 1 aromatic carbocycles. The molecular formula is C20H30Cl2NSiZr-. The van der Waals surface area contributed by atoms with Crippen LogP contribution in [0.4, 0.5) is 0 Å². The molecule has 0 aliphatic heterocycles. The number of aryl methyl sites for hydroxylation is 1. The summed E-state index contributed by atoms with van der Waals surface area (Å²) < 4.78 is 0. The number of benzene rings is 1. The quantitative estimate of drug-likeness (QED) is 0.467. The van der Waals surface area contributed by atoms with E-state index in [1.54, 1.807) is 0 Å². The van der Waals surface area contributed by atoms with Crippen molar-refractivity contribution in [2.24, 2.45) is 0 Å². The van der Waals surface area contributed by atoms with E-state index in [2.05, 4.69) is 79.7 Å². The van der Waals surface area contributed by atoms with Gasteiger partial charge in [-0.3, -0.25) is 0 Å². The van der Waals surface area contributed by atoms with Crippen LogP contribution in [0.1, 0.15) is 54.0 Å². The van der Waals surface area contributed by atoms with Gasteiger partial charge in [-0.1, -0.05) is 79.4 Å². The van der Waals surface area contributed by atoms with E-state index < -0.39 is 0 Å². The van der Waals surface area contributed by atoms with Crippen molar-refractivity contribution in [2.75, 3.05) is 0 Å². The molecule has 1 unspecified atom stereocenters. The summed E-state index contributed by atoms with van der Waals surface area (Å²) in [6.45, 7) is 17.9. The number of allylic oxidation sites excluding steroid dienone is 3. The van der Waals surface area contributed by atoms with Crippen molar-refractivity contribution in [1.29, 1.82) is 0 Å². The fourth-order valence-corrected chi connectivity index (χ4v) is 4.79. The summed E-state index contributed by atoms with van der Waals surface area (Å²) in [5, 5.41) is 6.60. The van der Waals surface area contributed by atoms with Gasteiger partial charge in [-0.05, 0) is 32.7 Å². The third-order valence-corrected chi connectivity index (χ3v) is 6.62. The summed E-state index contributed by atoms with van der Waals surface area (Å²) >= 11 is 0. The van der Waals surface area contributed by atoms with Gasteiger partial charge in [-0.2, -0.15) is 5.70 Å². The van der Waals surface area contributed by atoms with Crippen LogP contribution in [0.15, 0.2) is 46.7 Å². The number of hydrogen-bond donors (Lipinski definition) is 0. The first kappa shape index (κ1) is 27.4. The van der Waals surface area contributed by atoms with Crippen LogP contribution in [0.5, 0.6) is 0 Å². The molecule has 0 saturated heterocycles. The van der Waals surface area contributed by atoms with Gasteiger partial charge in [-0.25, -0.2) is 0 Å². The third kappa shape index (κ3) is 5.83. The van der Waals surface area contributed by atoms with Crippen LogP contribution in [0.25, 0.3) is 5.32 Å². The van der Waals surface area contributed by atoms with Gasteiger partial charge in [0.05, 0.1) is 9.52 Å². The minimum absolute atomic E-state index is 0. The van der Waals surface area contributed by atoms with Crippen LogP contribution in [0.2, 0.25) is 5.04 Å². The average molecular weight is 475 g/mol. The first-order chi connectivity index (χ1) is 10.1. The fraction of sp³-hybridized carbons (Fsp3) is 0.500. The van der Waals surface area contributed by atoms with Crippen LogP contribution in [-0.2, 0) is 26.2 Å². The summed E-state index contributed by atoms with van der Waals surface area (Å²) in [5.41, 5.74) is 6.90. The molecule has 2 radical (unpaired) electrons. The molecule has 0 saturated carbocycles. The smallest absolute Gasteiger partial charge is 0.0963 e. The summed E-state index contributed by atoms with van der Waals surface area (Å²) in [7, 11) is 0.719.